The molecule has 1 fully saturated rings. The molecule has 134 valence electrons. The maximum Gasteiger partial charge on any atom is 0.410 e. The number of piperidine rings is 1. The summed E-state index contributed by atoms with van der Waals surface area (Å²) >= 11 is 0. The van der Waals surface area contributed by atoms with Crippen LogP contribution in [0.3, 0.4) is 0 Å². The number of ether oxygens (including phenoxy) is 2. The molecule has 1 atom stereocenters. The fourth-order valence-corrected chi connectivity index (χ4v) is 2.81. The van der Waals surface area contributed by atoms with Gasteiger partial charge in [-0.05, 0) is 65.4 Å². The second-order valence-corrected chi connectivity index (χ2v) is 7.44. The highest BCUT2D eigenvalue weighted by Gasteiger charge is 2.27. The van der Waals surface area contributed by atoms with Crippen LogP contribution in [-0.4, -0.2) is 46.5 Å². The Labute approximate surface area is 144 Å². The molecule has 1 aromatic rings. The van der Waals surface area contributed by atoms with Crippen LogP contribution in [0.15, 0.2) is 12.1 Å². The zero-order valence-corrected chi connectivity index (χ0v) is 15.2. The Balaban J connectivity index is 1.69. The van der Waals surface area contributed by atoms with Gasteiger partial charge in [-0.1, -0.05) is 0 Å². The van der Waals surface area contributed by atoms with Crippen molar-refractivity contribution >= 4 is 6.09 Å². The Morgan fingerprint density at radius 1 is 1.33 bits per heavy atom. The van der Waals surface area contributed by atoms with Crippen molar-refractivity contribution in [3.05, 3.63) is 17.8 Å². The maximum absolute atomic E-state index is 12.2. The normalized spacial score (nSPS) is 18.3. The Hall–Kier alpha value is -1.85. The molecule has 0 spiro atoms. The van der Waals surface area contributed by atoms with Gasteiger partial charge in [0.25, 0.3) is 0 Å². The molecule has 2 heterocycles. The van der Waals surface area contributed by atoms with E-state index in [4.69, 9.17) is 9.47 Å². The fraction of sp³-hybridized carbons (Fsp3) is 0.722. The molecule has 1 amide bonds. The van der Waals surface area contributed by atoms with Crippen LogP contribution >= 0.6 is 0 Å². The van der Waals surface area contributed by atoms with Crippen LogP contribution in [0.25, 0.3) is 0 Å². The minimum Gasteiger partial charge on any atom is -0.477 e. The first-order valence-corrected chi connectivity index (χ1v) is 8.74. The highest BCUT2D eigenvalue weighted by Crippen LogP contribution is 2.23. The largest absolute Gasteiger partial charge is 0.477 e. The van der Waals surface area contributed by atoms with Gasteiger partial charge < -0.3 is 14.4 Å². The molecule has 1 aliphatic heterocycles. The van der Waals surface area contributed by atoms with Gasteiger partial charge in [0.1, 0.15) is 5.60 Å². The van der Waals surface area contributed by atoms with Crippen LogP contribution in [0, 0.1) is 12.8 Å². The van der Waals surface area contributed by atoms with Gasteiger partial charge in [-0.3, -0.25) is 0 Å². The van der Waals surface area contributed by atoms with Crippen molar-refractivity contribution in [2.45, 2.75) is 59.0 Å². The summed E-state index contributed by atoms with van der Waals surface area (Å²) in [5.74, 6) is 1.08. The second kappa shape index (κ2) is 8.31. The van der Waals surface area contributed by atoms with Gasteiger partial charge in [-0.25, -0.2) is 4.79 Å². The predicted octanol–water partition coefficient (Wildman–Crippen LogP) is 3.59. The third-order valence-corrected chi connectivity index (χ3v) is 3.95. The average Bonchev–Trinajstić information content (AvgIpc) is 2.52. The lowest BCUT2D eigenvalue weighted by atomic mass is 9.94. The van der Waals surface area contributed by atoms with Gasteiger partial charge in [0.15, 0.2) is 0 Å². The summed E-state index contributed by atoms with van der Waals surface area (Å²) in [5, 5.41) is 7.96. The van der Waals surface area contributed by atoms with Crippen LogP contribution in [0.2, 0.25) is 0 Å². The van der Waals surface area contributed by atoms with Crippen LogP contribution in [0.1, 0.15) is 52.1 Å². The number of hydrogen-bond acceptors (Lipinski definition) is 5. The van der Waals surface area contributed by atoms with Gasteiger partial charge in [0.05, 0.1) is 12.3 Å². The van der Waals surface area contributed by atoms with Gasteiger partial charge in [-0.2, -0.15) is 5.10 Å². The third-order valence-electron chi connectivity index (χ3n) is 3.95. The van der Waals surface area contributed by atoms with Crippen LogP contribution in [0.4, 0.5) is 4.79 Å². The molecule has 1 aliphatic rings. The molecule has 0 N–H and O–H groups in total. The summed E-state index contributed by atoms with van der Waals surface area (Å²) in [6.07, 6.45) is 3.98. The van der Waals surface area contributed by atoms with E-state index in [1.54, 1.807) is 0 Å². The van der Waals surface area contributed by atoms with E-state index in [2.05, 4.69) is 10.2 Å². The molecule has 1 saturated heterocycles. The molecule has 0 radical (unpaired) electrons. The Bertz CT molecular complexity index is 525. The van der Waals surface area contributed by atoms with Gasteiger partial charge in [-0.15, -0.1) is 5.10 Å². The first-order valence-electron chi connectivity index (χ1n) is 8.74. The smallest absolute Gasteiger partial charge is 0.410 e. The lowest BCUT2D eigenvalue weighted by Gasteiger charge is -2.34. The summed E-state index contributed by atoms with van der Waals surface area (Å²) in [6.45, 7) is 9.80. The third kappa shape index (κ3) is 6.34. The second-order valence-electron chi connectivity index (χ2n) is 7.44. The Kier molecular flexibility index (Phi) is 6.40. The zero-order valence-electron chi connectivity index (χ0n) is 15.2. The molecule has 0 aliphatic carbocycles. The summed E-state index contributed by atoms with van der Waals surface area (Å²) < 4.78 is 11.1. The fourth-order valence-electron chi connectivity index (χ4n) is 2.81. The molecule has 1 aromatic heterocycles. The van der Waals surface area contributed by atoms with Crippen molar-refractivity contribution in [1.29, 1.82) is 0 Å². The first kappa shape index (κ1) is 18.5. The van der Waals surface area contributed by atoms with E-state index in [9.17, 15) is 4.79 Å². The highest BCUT2D eigenvalue weighted by atomic mass is 16.6. The van der Waals surface area contributed by atoms with Crippen molar-refractivity contribution in [2.75, 3.05) is 19.7 Å². The van der Waals surface area contributed by atoms with E-state index in [1.807, 2.05) is 44.7 Å². The van der Waals surface area contributed by atoms with Crippen LogP contribution in [0.5, 0.6) is 5.88 Å². The summed E-state index contributed by atoms with van der Waals surface area (Å²) in [6, 6.07) is 3.73. The summed E-state index contributed by atoms with van der Waals surface area (Å²) in [5.41, 5.74) is 0.444. The highest BCUT2D eigenvalue weighted by molar-refractivity contribution is 5.68. The predicted molar refractivity (Wildman–Crippen MR) is 92.0 cm³/mol. The van der Waals surface area contributed by atoms with Crippen LogP contribution < -0.4 is 4.74 Å². The van der Waals surface area contributed by atoms with Crippen molar-refractivity contribution in [1.82, 2.24) is 15.1 Å². The number of hydrogen-bond donors (Lipinski definition) is 0. The Morgan fingerprint density at radius 3 is 2.79 bits per heavy atom. The van der Waals surface area contributed by atoms with E-state index in [0.29, 0.717) is 18.4 Å². The molecule has 24 heavy (non-hydrogen) atoms. The molecule has 2 rings (SSSR count). The quantitative estimate of drug-likeness (QED) is 0.769. The Morgan fingerprint density at radius 2 is 2.12 bits per heavy atom. The van der Waals surface area contributed by atoms with Gasteiger partial charge in [0.2, 0.25) is 5.88 Å². The molecule has 6 nitrogen and oxygen atoms in total. The number of nitrogens with zero attached hydrogens (tertiary/aromatic N) is 3. The standard InChI is InChI=1S/C18H29N3O3/c1-14-9-10-16(20-19-14)23-12-6-8-15-7-5-11-21(13-15)17(22)24-18(2,3)4/h9-10,15H,5-8,11-13H2,1-4H3. The molecule has 1 unspecified atom stereocenters. The number of aryl methyl sites for hydroxylation is 1. The van der Waals surface area contributed by atoms with Gasteiger partial charge in [0, 0.05) is 19.2 Å². The maximum atomic E-state index is 12.2. The van der Waals surface area contributed by atoms with Crippen LogP contribution in [-0.2, 0) is 4.74 Å². The average molecular weight is 335 g/mol. The summed E-state index contributed by atoms with van der Waals surface area (Å²) in [7, 11) is 0. The topological polar surface area (TPSA) is 64.5 Å². The van der Waals surface area contributed by atoms with Crippen molar-refractivity contribution in [3.8, 4) is 5.88 Å². The number of carbonyl (C=O) groups excluding carboxylic acids is 1. The number of carbonyl (C=O) groups is 1. The number of amides is 1. The molecular formula is C18H29N3O3. The SMILES string of the molecule is Cc1ccc(OCCCC2CCCN(C(=O)OC(C)(C)C)C2)nn1. The summed E-state index contributed by atoms with van der Waals surface area (Å²) in [4.78, 5) is 14.0. The lowest BCUT2D eigenvalue weighted by Crippen LogP contribution is -2.42. The lowest BCUT2D eigenvalue weighted by molar-refractivity contribution is 0.0159. The molecular weight excluding hydrogens is 306 g/mol. The van der Waals surface area contributed by atoms with Crippen molar-refractivity contribution in [2.24, 2.45) is 5.92 Å². The molecule has 0 bridgehead atoms. The monoisotopic (exact) mass is 335 g/mol. The minimum absolute atomic E-state index is 0.196. The van der Waals surface area contributed by atoms with E-state index in [-0.39, 0.29) is 6.09 Å². The van der Waals surface area contributed by atoms with Crippen molar-refractivity contribution < 1.29 is 14.3 Å². The van der Waals surface area contributed by atoms with Crippen molar-refractivity contribution in [3.63, 3.8) is 0 Å². The molecule has 0 saturated carbocycles. The first-order chi connectivity index (χ1) is 11.3. The molecule has 0 aromatic carbocycles. The number of aromatic nitrogens is 2. The molecule has 6 heteroatoms. The minimum atomic E-state index is -0.438. The number of rotatable bonds is 5. The van der Waals surface area contributed by atoms with E-state index in [1.165, 1.54) is 0 Å². The number of likely N-dealkylation sites (tertiary alicyclic amines) is 1. The van der Waals surface area contributed by atoms with E-state index < -0.39 is 5.60 Å². The van der Waals surface area contributed by atoms with E-state index in [0.717, 1.165) is 44.5 Å². The van der Waals surface area contributed by atoms with E-state index >= 15 is 0 Å². The van der Waals surface area contributed by atoms with Gasteiger partial charge >= 0.3 is 6.09 Å². The zero-order chi connectivity index (χ0) is 17.6.